The molecule has 0 bridgehead atoms. The van der Waals surface area contributed by atoms with Crippen molar-refractivity contribution in [2.45, 2.75) is 13.0 Å². The van der Waals surface area contributed by atoms with Gasteiger partial charge in [0.05, 0.1) is 0 Å². The van der Waals surface area contributed by atoms with Gasteiger partial charge in [0.15, 0.2) is 5.96 Å². The number of hydrogen-bond acceptors (Lipinski definition) is 3. The maximum atomic E-state index is 12.9. The van der Waals surface area contributed by atoms with Gasteiger partial charge in [-0.1, -0.05) is 12.1 Å². The van der Waals surface area contributed by atoms with Gasteiger partial charge in [0, 0.05) is 39.8 Å². The first kappa shape index (κ1) is 21.1. The summed E-state index contributed by atoms with van der Waals surface area (Å²) >= 11 is 0. The summed E-state index contributed by atoms with van der Waals surface area (Å²) in [5.74, 6) is 0.570. The lowest BCUT2D eigenvalue weighted by atomic mass is 10.2. The van der Waals surface area contributed by atoms with Crippen LogP contribution in [0.2, 0.25) is 0 Å². The number of rotatable bonds is 5. The second-order valence-electron chi connectivity index (χ2n) is 5.98. The predicted octanol–water partition coefficient (Wildman–Crippen LogP) is 1.75. The van der Waals surface area contributed by atoms with Crippen molar-refractivity contribution in [3.63, 3.8) is 0 Å². The number of guanidine groups is 1. The lowest BCUT2D eigenvalue weighted by Gasteiger charge is -2.21. The maximum absolute atomic E-state index is 12.9. The minimum Gasteiger partial charge on any atom is -0.355 e. The van der Waals surface area contributed by atoms with Gasteiger partial charge in [-0.05, 0) is 44.3 Å². The average molecular weight is 449 g/mol. The first-order valence-corrected chi connectivity index (χ1v) is 8.27. The molecule has 5 nitrogen and oxygen atoms in total. The van der Waals surface area contributed by atoms with E-state index in [4.69, 9.17) is 0 Å². The van der Waals surface area contributed by atoms with Crippen LogP contribution in [0.1, 0.15) is 12.0 Å². The third-order valence-corrected chi connectivity index (χ3v) is 4.13. The van der Waals surface area contributed by atoms with Gasteiger partial charge in [0.1, 0.15) is 5.82 Å². The molecule has 136 valence electrons. The van der Waals surface area contributed by atoms with Gasteiger partial charge in [0.2, 0.25) is 0 Å². The summed E-state index contributed by atoms with van der Waals surface area (Å²) in [4.78, 5) is 9.10. The number of likely N-dealkylation sites (N-methyl/N-ethyl adjacent to an activating group) is 1. The van der Waals surface area contributed by atoms with Crippen LogP contribution < -0.4 is 10.6 Å². The predicted molar refractivity (Wildman–Crippen MR) is 109 cm³/mol. The fourth-order valence-electron chi connectivity index (χ4n) is 2.66. The largest absolute Gasteiger partial charge is 0.355 e. The van der Waals surface area contributed by atoms with E-state index in [1.165, 1.54) is 25.1 Å². The smallest absolute Gasteiger partial charge is 0.191 e. The topological polar surface area (TPSA) is 42.9 Å². The van der Waals surface area contributed by atoms with Gasteiger partial charge >= 0.3 is 0 Å². The molecule has 1 aromatic carbocycles. The van der Waals surface area contributed by atoms with E-state index in [2.05, 4.69) is 32.5 Å². The normalized spacial score (nSPS) is 17.0. The molecule has 0 saturated carbocycles. The quantitative estimate of drug-likeness (QED) is 0.409. The van der Waals surface area contributed by atoms with E-state index in [1.54, 1.807) is 19.2 Å². The lowest BCUT2D eigenvalue weighted by molar-refractivity contribution is 0.280. The molecule has 1 aliphatic rings. The van der Waals surface area contributed by atoms with Crippen molar-refractivity contribution in [2.75, 3.05) is 53.4 Å². The van der Waals surface area contributed by atoms with E-state index < -0.39 is 0 Å². The van der Waals surface area contributed by atoms with Gasteiger partial charge < -0.3 is 20.4 Å². The first-order valence-electron chi connectivity index (χ1n) is 8.27. The number of halogens is 2. The Morgan fingerprint density at radius 3 is 2.58 bits per heavy atom. The fraction of sp³-hybridized carbons (Fsp3) is 0.588. The zero-order chi connectivity index (χ0) is 16.5. The summed E-state index contributed by atoms with van der Waals surface area (Å²) in [6, 6.07) is 6.51. The van der Waals surface area contributed by atoms with Crippen molar-refractivity contribution in [3.05, 3.63) is 35.6 Å². The Bertz CT molecular complexity index is 494. The molecule has 1 heterocycles. The molecule has 24 heavy (non-hydrogen) atoms. The molecule has 1 aromatic rings. The highest BCUT2D eigenvalue weighted by Crippen LogP contribution is 2.02. The minimum absolute atomic E-state index is 0. The second kappa shape index (κ2) is 11.6. The summed E-state index contributed by atoms with van der Waals surface area (Å²) in [6.45, 7) is 7.13. The molecule has 7 heteroatoms. The van der Waals surface area contributed by atoms with E-state index in [-0.39, 0.29) is 29.8 Å². The van der Waals surface area contributed by atoms with Gasteiger partial charge in [-0.2, -0.15) is 0 Å². The van der Waals surface area contributed by atoms with Crippen LogP contribution in [0.5, 0.6) is 0 Å². The summed E-state index contributed by atoms with van der Waals surface area (Å²) in [5, 5.41) is 6.59. The molecule has 0 aliphatic carbocycles. The van der Waals surface area contributed by atoms with Crippen molar-refractivity contribution in [3.8, 4) is 0 Å². The molecule has 1 fully saturated rings. The molecule has 1 saturated heterocycles. The van der Waals surface area contributed by atoms with Gasteiger partial charge in [-0.3, -0.25) is 4.99 Å². The first-order chi connectivity index (χ1) is 11.2. The Morgan fingerprint density at radius 2 is 1.88 bits per heavy atom. The van der Waals surface area contributed by atoms with Gasteiger partial charge in [-0.25, -0.2) is 4.39 Å². The second-order valence-corrected chi connectivity index (χ2v) is 5.98. The van der Waals surface area contributed by atoms with E-state index >= 15 is 0 Å². The molecular weight excluding hydrogens is 420 g/mol. The average Bonchev–Trinajstić information content (AvgIpc) is 2.77. The highest BCUT2D eigenvalue weighted by atomic mass is 127. The van der Waals surface area contributed by atoms with Crippen LogP contribution in [0.25, 0.3) is 0 Å². The van der Waals surface area contributed by atoms with Crippen molar-refractivity contribution in [2.24, 2.45) is 4.99 Å². The van der Waals surface area contributed by atoms with Crippen LogP contribution in [-0.2, 0) is 6.54 Å². The summed E-state index contributed by atoms with van der Waals surface area (Å²) in [5.41, 5.74) is 1.03. The number of nitrogens with one attached hydrogen (secondary N) is 2. The standard InChI is InChI=1S/C17H28FN5.HI/c1-19-17(21-14-15-4-6-16(18)7-5-15)20-8-11-23-10-3-9-22(2)12-13-23;/h4-7H,3,8-14H2,1-2H3,(H2,19,20,21);1H. The Balaban J connectivity index is 0.00000288. The van der Waals surface area contributed by atoms with E-state index in [0.29, 0.717) is 6.54 Å². The van der Waals surface area contributed by atoms with Crippen LogP contribution in [0.4, 0.5) is 4.39 Å². The van der Waals surface area contributed by atoms with Gasteiger partial charge in [0.25, 0.3) is 0 Å². The number of benzene rings is 1. The Morgan fingerprint density at radius 1 is 1.12 bits per heavy atom. The minimum atomic E-state index is -0.209. The number of nitrogens with zero attached hydrogens (tertiary/aromatic N) is 3. The maximum Gasteiger partial charge on any atom is 0.191 e. The van der Waals surface area contributed by atoms with Crippen LogP contribution in [0.3, 0.4) is 0 Å². The van der Waals surface area contributed by atoms with E-state index in [0.717, 1.165) is 44.2 Å². The van der Waals surface area contributed by atoms with Crippen molar-refractivity contribution in [1.82, 2.24) is 20.4 Å². The number of aliphatic imine (C=N–C) groups is 1. The van der Waals surface area contributed by atoms with E-state index in [9.17, 15) is 4.39 Å². The summed E-state index contributed by atoms with van der Waals surface area (Å²) in [7, 11) is 3.95. The SMILES string of the molecule is CN=C(NCCN1CCCN(C)CC1)NCc1ccc(F)cc1.I. The van der Waals surface area contributed by atoms with Crippen molar-refractivity contribution in [1.29, 1.82) is 0 Å². The third kappa shape index (κ3) is 7.76. The van der Waals surface area contributed by atoms with Crippen LogP contribution in [-0.4, -0.2) is 69.1 Å². The molecule has 0 unspecified atom stereocenters. The lowest BCUT2D eigenvalue weighted by Crippen LogP contribution is -2.42. The van der Waals surface area contributed by atoms with Crippen LogP contribution in [0, 0.1) is 5.82 Å². The van der Waals surface area contributed by atoms with E-state index in [1.807, 2.05) is 0 Å². The van der Waals surface area contributed by atoms with Gasteiger partial charge in [-0.15, -0.1) is 24.0 Å². The zero-order valence-electron chi connectivity index (χ0n) is 14.6. The summed E-state index contributed by atoms with van der Waals surface area (Å²) < 4.78 is 12.9. The Kier molecular flexibility index (Phi) is 10.2. The molecule has 0 amide bonds. The molecular formula is C17H29FIN5. The molecule has 0 radical (unpaired) electrons. The Labute approximate surface area is 161 Å². The fourth-order valence-corrected chi connectivity index (χ4v) is 2.66. The highest BCUT2D eigenvalue weighted by molar-refractivity contribution is 14.0. The Hall–Kier alpha value is -0.930. The molecule has 2 N–H and O–H groups in total. The third-order valence-electron chi connectivity index (χ3n) is 4.13. The zero-order valence-corrected chi connectivity index (χ0v) is 16.9. The van der Waals surface area contributed by atoms with Crippen molar-refractivity contribution < 1.29 is 4.39 Å². The molecule has 2 rings (SSSR count). The number of hydrogen-bond donors (Lipinski definition) is 2. The van der Waals surface area contributed by atoms with Crippen LogP contribution in [0.15, 0.2) is 29.3 Å². The highest BCUT2D eigenvalue weighted by Gasteiger charge is 2.11. The molecule has 0 spiro atoms. The van der Waals surface area contributed by atoms with Crippen LogP contribution >= 0.6 is 24.0 Å². The van der Waals surface area contributed by atoms with Crippen molar-refractivity contribution >= 4 is 29.9 Å². The molecule has 1 aliphatic heterocycles. The molecule has 0 atom stereocenters. The summed E-state index contributed by atoms with van der Waals surface area (Å²) in [6.07, 6.45) is 1.23. The molecule has 0 aromatic heterocycles. The monoisotopic (exact) mass is 449 g/mol.